The molecule has 0 aromatic carbocycles. The largest absolute Gasteiger partial charge is 0.375 e. The summed E-state index contributed by atoms with van der Waals surface area (Å²) in [5, 5.41) is 8.57. The average molecular weight is 423 g/mol. The fraction of sp³-hybridized carbons (Fsp3) is 0.692. The van der Waals surface area contributed by atoms with Crippen LogP contribution in [0, 0.1) is 5.41 Å². The van der Waals surface area contributed by atoms with Crippen molar-refractivity contribution in [1.29, 1.82) is 0 Å². The number of aromatic nitrogens is 3. The van der Waals surface area contributed by atoms with E-state index in [0.717, 1.165) is 38.8 Å². The van der Waals surface area contributed by atoms with Crippen LogP contribution in [0.5, 0.6) is 0 Å². The molecule has 0 bridgehead atoms. The minimum absolute atomic E-state index is 0.0824. The molecule has 5 heteroatoms. The zero-order chi connectivity index (χ0) is 21.5. The van der Waals surface area contributed by atoms with Crippen LogP contribution in [-0.2, 0) is 10.2 Å². The zero-order valence-corrected chi connectivity index (χ0v) is 19.4. The van der Waals surface area contributed by atoms with Crippen molar-refractivity contribution in [3.05, 3.63) is 48.0 Å². The van der Waals surface area contributed by atoms with Crippen molar-refractivity contribution in [3.8, 4) is 0 Å². The second kappa shape index (κ2) is 8.00. The fourth-order valence-corrected chi connectivity index (χ4v) is 6.49. The number of nitrogens with zero attached hydrogens (tertiary/aromatic N) is 3. The summed E-state index contributed by atoms with van der Waals surface area (Å²) in [4.78, 5) is 4.85. The van der Waals surface area contributed by atoms with E-state index in [1.807, 2.05) is 18.5 Å². The van der Waals surface area contributed by atoms with E-state index in [0.29, 0.717) is 12.1 Å². The molecule has 31 heavy (non-hydrogen) atoms. The van der Waals surface area contributed by atoms with Gasteiger partial charge in [0, 0.05) is 30.1 Å². The van der Waals surface area contributed by atoms with E-state index in [4.69, 9.17) is 9.72 Å². The van der Waals surface area contributed by atoms with Gasteiger partial charge >= 0.3 is 0 Å². The summed E-state index contributed by atoms with van der Waals surface area (Å²) in [5.74, 6) is 0. The molecule has 2 aromatic rings. The lowest BCUT2D eigenvalue weighted by atomic mass is 9.68. The molecule has 2 aliphatic heterocycles. The van der Waals surface area contributed by atoms with E-state index in [9.17, 15) is 0 Å². The summed E-state index contributed by atoms with van der Waals surface area (Å²) in [6.07, 6.45) is 13.4. The minimum atomic E-state index is 0.0824. The van der Waals surface area contributed by atoms with Gasteiger partial charge in [-0.2, -0.15) is 5.10 Å². The Labute approximate surface area is 187 Å². The third kappa shape index (κ3) is 3.95. The first-order valence-electron chi connectivity index (χ1n) is 12.2. The van der Waals surface area contributed by atoms with Crippen molar-refractivity contribution >= 4 is 0 Å². The van der Waals surface area contributed by atoms with Gasteiger partial charge in [-0.3, -0.25) is 9.67 Å². The second-order valence-corrected chi connectivity index (χ2v) is 11.2. The molecule has 3 aliphatic rings. The number of ether oxygens (including phenoxy) is 1. The molecular formula is C26H38N4O. The second-order valence-electron chi connectivity index (χ2n) is 11.2. The molecule has 0 amide bonds. The van der Waals surface area contributed by atoms with Crippen molar-refractivity contribution in [1.82, 2.24) is 20.1 Å². The summed E-state index contributed by atoms with van der Waals surface area (Å²) < 4.78 is 8.67. The van der Waals surface area contributed by atoms with Crippen LogP contribution in [-0.4, -0.2) is 33.5 Å². The number of hydrogen-bond donors (Lipinski definition) is 1. The van der Waals surface area contributed by atoms with Crippen molar-refractivity contribution < 1.29 is 4.74 Å². The highest BCUT2D eigenvalue weighted by molar-refractivity contribution is 5.21. The van der Waals surface area contributed by atoms with Gasteiger partial charge in [-0.1, -0.05) is 39.7 Å². The Morgan fingerprint density at radius 1 is 1.13 bits per heavy atom. The normalized spacial score (nSPS) is 30.0. The lowest BCUT2D eigenvalue weighted by molar-refractivity contribution is -0.104. The highest BCUT2D eigenvalue weighted by Gasteiger charge is 2.48. The lowest BCUT2D eigenvalue weighted by Gasteiger charge is -2.46. The van der Waals surface area contributed by atoms with Crippen LogP contribution in [0.1, 0.15) is 95.6 Å². The van der Waals surface area contributed by atoms with E-state index in [1.165, 1.54) is 37.1 Å². The third-order valence-corrected chi connectivity index (χ3v) is 8.18. The predicted octanol–water partition coefficient (Wildman–Crippen LogP) is 5.35. The highest BCUT2D eigenvalue weighted by atomic mass is 16.5. The molecule has 168 valence electrons. The maximum absolute atomic E-state index is 6.41. The van der Waals surface area contributed by atoms with Crippen LogP contribution in [0.4, 0.5) is 0 Å². The Kier molecular flexibility index (Phi) is 5.46. The van der Waals surface area contributed by atoms with Gasteiger partial charge in [0.15, 0.2) is 0 Å². The molecular weight excluding hydrogens is 384 g/mol. The zero-order valence-electron chi connectivity index (χ0n) is 19.4. The minimum Gasteiger partial charge on any atom is -0.375 e. The Morgan fingerprint density at radius 3 is 2.71 bits per heavy atom. The number of pyridine rings is 1. The SMILES string of the molecule is CC(C)(C)[C@H]1C[C@H](NCCC2(c3ccccn3)CCOC3(CCCC3)C2)c2ccnn21. The van der Waals surface area contributed by atoms with Gasteiger partial charge in [-0.25, -0.2) is 0 Å². The maximum Gasteiger partial charge on any atom is 0.0691 e. The number of rotatable bonds is 5. The van der Waals surface area contributed by atoms with Crippen molar-refractivity contribution in [2.75, 3.05) is 13.2 Å². The number of fused-ring (bicyclic) bond motifs is 1. The molecule has 1 spiro atoms. The molecule has 1 saturated carbocycles. The maximum atomic E-state index is 6.41. The Morgan fingerprint density at radius 2 is 1.97 bits per heavy atom. The van der Waals surface area contributed by atoms with Crippen LogP contribution in [0.15, 0.2) is 36.7 Å². The van der Waals surface area contributed by atoms with Crippen LogP contribution >= 0.6 is 0 Å². The Hall–Kier alpha value is -1.72. The van der Waals surface area contributed by atoms with Crippen LogP contribution in [0.3, 0.4) is 0 Å². The molecule has 2 fully saturated rings. The highest BCUT2D eigenvalue weighted by Crippen LogP contribution is 2.50. The number of nitrogens with one attached hydrogen (secondary N) is 1. The fourth-order valence-electron chi connectivity index (χ4n) is 6.49. The first-order valence-corrected chi connectivity index (χ1v) is 12.2. The van der Waals surface area contributed by atoms with E-state index < -0.39 is 0 Å². The molecule has 5 nitrogen and oxygen atoms in total. The first-order chi connectivity index (χ1) is 14.9. The van der Waals surface area contributed by atoms with E-state index in [2.05, 4.69) is 54.1 Å². The van der Waals surface area contributed by atoms with Gasteiger partial charge < -0.3 is 10.1 Å². The summed E-state index contributed by atoms with van der Waals surface area (Å²) in [7, 11) is 0. The smallest absolute Gasteiger partial charge is 0.0691 e. The molecule has 4 heterocycles. The van der Waals surface area contributed by atoms with Crippen LogP contribution in [0.25, 0.3) is 0 Å². The quantitative estimate of drug-likeness (QED) is 0.706. The van der Waals surface area contributed by atoms with Crippen LogP contribution < -0.4 is 5.32 Å². The van der Waals surface area contributed by atoms with Gasteiger partial charge in [0.05, 0.1) is 23.4 Å². The molecule has 5 rings (SSSR count). The molecule has 1 saturated heterocycles. The topological polar surface area (TPSA) is 52.0 Å². The van der Waals surface area contributed by atoms with Crippen molar-refractivity contribution in [2.45, 2.75) is 95.2 Å². The van der Waals surface area contributed by atoms with Gasteiger partial charge in [-0.15, -0.1) is 0 Å². The Bertz CT molecular complexity index is 880. The van der Waals surface area contributed by atoms with E-state index in [1.54, 1.807) is 0 Å². The lowest BCUT2D eigenvalue weighted by Crippen LogP contribution is -2.47. The van der Waals surface area contributed by atoms with Crippen molar-refractivity contribution in [2.24, 2.45) is 5.41 Å². The van der Waals surface area contributed by atoms with Gasteiger partial charge in [-0.05, 0) is 68.7 Å². The molecule has 2 aromatic heterocycles. The summed E-state index contributed by atoms with van der Waals surface area (Å²) in [6, 6.07) is 9.45. The van der Waals surface area contributed by atoms with E-state index in [-0.39, 0.29) is 16.4 Å². The van der Waals surface area contributed by atoms with Gasteiger partial charge in [0.1, 0.15) is 0 Å². The standard InChI is InChI=1S/C26H38N4O/c1-24(2,3)23-18-20(21-9-15-29-30(21)23)27-16-12-25(22-8-4-7-14-28-22)13-17-31-26(19-25)10-5-6-11-26/h4,7-9,14-15,20,23,27H,5-6,10-13,16-19H2,1-3H3/t20-,23+,25?/m0/s1. The van der Waals surface area contributed by atoms with Crippen LogP contribution in [0.2, 0.25) is 0 Å². The Balaban J connectivity index is 1.32. The first kappa shape index (κ1) is 21.1. The third-order valence-electron chi connectivity index (χ3n) is 8.18. The van der Waals surface area contributed by atoms with Gasteiger partial charge in [0.25, 0.3) is 0 Å². The molecule has 1 aliphatic carbocycles. The summed E-state index contributed by atoms with van der Waals surface area (Å²) >= 11 is 0. The molecule has 1 unspecified atom stereocenters. The molecule has 3 atom stereocenters. The monoisotopic (exact) mass is 422 g/mol. The average Bonchev–Trinajstić information content (AvgIpc) is 3.47. The summed E-state index contributed by atoms with van der Waals surface area (Å²) in [5.41, 5.74) is 3.00. The molecule has 1 N–H and O–H groups in total. The van der Waals surface area contributed by atoms with E-state index >= 15 is 0 Å². The number of hydrogen-bond acceptors (Lipinski definition) is 4. The predicted molar refractivity (Wildman–Crippen MR) is 123 cm³/mol. The van der Waals surface area contributed by atoms with Crippen molar-refractivity contribution in [3.63, 3.8) is 0 Å². The molecule has 0 radical (unpaired) electrons. The van der Waals surface area contributed by atoms with Gasteiger partial charge in [0.2, 0.25) is 0 Å². The summed E-state index contributed by atoms with van der Waals surface area (Å²) in [6.45, 7) is 8.83.